The summed E-state index contributed by atoms with van der Waals surface area (Å²) >= 11 is 1.77. The first kappa shape index (κ1) is 18.0. The summed E-state index contributed by atoms with van der Waals surface area (Å²) in [5, 5.41) is 10.1. The molecule has 1 aromatic carbocycles. The van der Waals surface area contributed by atoms with Crippen LogP contribution in [-0.2, 0) is 16.1 Å². The van der Waals surface area contributed by atoms with Gasteiger partial charge >= 0.3 is 5.97 Å². The Bertz CT molecular complexity index is 983. The number of hydrogen-bond donors (Lipinski definition) is 2. The van der Waals surface area contributed by atoms with Crippen molar-refractivity contribution in [1.29, 1.82) is 0 Å². The maximum Gasteiger partial charge on any atom is 0.303 e. The highest BCUT2D eigenvalue weighted by atomic mass is 32.2. The Morgan fingerprint density at radius 1 is 1.33 bits per heavy atom. The van der Waals surface area contributed by atoms with Crippen LogP contribution in [0.3, 0.4) is 0 Å². The van der Waals surface area contributed by atoms with Gasteiger partial charge in [-0.25, -0.2) is 4.98 Å². The molecule has 1 aromatic heterocycles. The van der Waals surface area contributed by atoms with E-state index in [2.05, 4.69) is 4.98 Å². The Balaban J connectivity index is 1.75. The monoisotopic (exact) mass is 387 g/mol. The van der Waals surface area contributed by atoms with Gasteiger partial charge in [0.15, 0.2) is 0 Å². The van der Waals surface area contributed by atoms with Gasteiger partial charge in [-0.1, -0.05) is 0 Å². The van der Waals surface area contributed by atoms with E-state index in [1.54, 1.807) is 11.8 Å². The number of aliphatic carboxylic acids is 1. The van der Waals surface area contributed by atoms with Crippen molar-refractivity contribution in [3.05, 3.63) is 34.4 Å². The minimum Gasteiger partial charge on any atom is -0.481 e. The van der Waals surface area contributed by atoms with E-state index in [0.717, 1.165) is 4.90 Å². The van der Waals surface area contributed by atoms with Gasteiger partial charge in [0, 0.05) is 23.1 Å². The summed E-state index contributed by atoms with van der Waals surface area (Å²) in [6.07, 6.45) is 3.24. The summed E-state index contributed by atoms with van der Waals surface area (Å²) in [5.74, 6) is -1.78. The van der Waals surface area contributed by atoms with Crippen LogP contribution in [-0.4, -0.2) is 31.8 Å². The molecule has 0 saturated heterocycles. The predicted octanol–water partition coefficient (Wildman–Crippen LogP) is 2.10. The fourth-order valence-corrected chi connectivity index (χ4v) is 4.75. The number of primary amides is 1. The third-order valence-corrected chi connectivity index (χ3v) is 6.54. The molecule has 0 spiro atoms. The first-order chi connectivity index (χ1) is 12.9. The number of fused-ring (bicyclic) bond motifs is 2. The van der Waals surface area contributed by atoms with Crippen molar-refractivity contribution in [2.45, 2.75) is 54.7 Å². The zero-order chi connectivity index (χ0) is 19.1. The third kappa shape index (κ3) is 3.71. The van der Waals surface area contributed by atoms with E-state index < -0.39 is 17.8 Å². The van der Waals surface area contributed by atoms with E-state index in [1.165, 1.54) is 17.4 Å². The lowest BCUT2D eigenvalue weighted by molar-refractivity contribution is -0.137. The summed E-state index contributed by atoms with van der Waals surface area (Å²) in [6.45, 7) is 0.369. The number of thioether (sulfide) groups is 1. The Morgan fingerprint density at radius 3 is 2.78 bits per heavy atom. The fraction of sp³-hybridized carbons (Fsp3) is 0.474. The number of amides is 1. The number of nitrogens with zero attached hydrogens (tertiary/aromatic N) is 2. The molecule has 2 aromatic rings. The van der Waals surface area contributed by atoms with Crippen molar-refractivity contribution in [3.8, 4) is 0 Å². The molecule has 0 radical (unpaired) electrons. The van der Waals surface area contributed by atoms with Gasteiger partial charge in [-0.15, -0.1) is 11.8 Å². The highest BCUT2D eigenvalue weighted by Gasteiger charge is 2.33. The molecule has 1 fully saturated rings. The van der Waals surface area contributed by atoms with E-state index in [9.17, 15) is 14.4 Å². The van der Waals surface area contributed by atoms with E-state index in [0.29, 0.717) is 41.4 Å². The number of carboxylic acids is 1. The molecule has 3 N–H and O–H groups in total. The van der Waals surface area contributed by atoms with Crippen molar-refractivity contribution in [1.82, 2.24) is 9.55 Å². The summed E-state index contributed by atoms with van der Waals surface area (Å²) in [4.78, 5) is 41.6. The molecule has 2 atom stereocenters. The van der Waals surface area contributed by atoms with E-state index >= 15 is 0 Å². The third-order valence-electron chi connectivity index (χ3n) is 5.21. The molecule has 1 aliphatic carbocycles. The van der Waals surface area contributed by atoms with Crippen LogP contribution in [0.25, 0.3) is 10.9 Å². The lowest BCUT2D eigenvalue weighted by Crippen LogP contribution is -2.39. The molecular formula is C19H21N3O4S. The van der Waals surface area contributed by atoms with Gasteiger partial charge in [-0.3, -0.25) is 19.0 Å². The SMILES string of the molecule is NC(=O)C1CC(CCC(=O)O)Cn2c1nc1ccc(SC3CC3)cc1c2=O. The molecule has 2 aliphatic rings. The van der Waals surface area contributed by atoms with Crippen LogP contribution in [0.5, 0.6) is 0 Å². The van der Waals surface area contributed by atoms with E-state index in [1.807, 2.05) is 18.2 Å². The van der Waals surface area contributed by atoms with Crippen LogP contribution < -0.4 is 11.3 Å². The lowest BCUT2D eigenvalue weighted by atomic mass is 9.86. The molecule has 2 heterocycles. The number of carbonyl (C=O) groups excluding carboxylic acids is 1. The Kier molecular flexibility index (Phi) is 4.67. The Hall–Kier alpha value is -2.35. The Morgan fingerprint density at radius 2 is 2.11 bits per heavy atom. The van der Waals surface area contributed by atoms with Gasteiger partial charge in [0.1, 0.15) is 5.82 Å². The molecule has 2 unspecified atom stereocenters. The number of hydrogen-bond acceptors (Lipinski definition) is 5. The average Bonchev–Trinajstić information content (AvgIpc) is 3.44. The standard InChI is InChI=1S/C19H21N3O4S/c20-17(25)14-7-10(1-6-16(23)24)9-22-18(14)21-15-5-4-12(27-11-2-3-11)8-13(15)19(22)26/h4-5,8,10-11,14H,1-3,6-7,9H2,(H2,20,25)(H,23,24). The quantitative estimate of drug-likeness (QED) is 0.784. The summed E-state index contributed by atoms with van der Waals surface area (Å²) in [7, 11) is 0. The molecule has 1 amide bonds. The van der Waals surface area contributed by atoms with Crippen molar-refractivity contribution >= 4 is 34.5 Å². The second kappa shape index (κ2) is 6.99. The summed E-state index contributed by atoms with van der Waals surface area (Å²) in [6, 6.07) is 5.67. The van der Waals surface area contributed by atoms with Crippen LogP contribution in [0.2, 0.25) is 0 Å². The van der Waals surface area contributed by atoms with Gasteiger partial charge < -0.3 is 10.8 Å². The first-order valence-electron chi connectivity index (χ1n) is 9.14. The average molecular weight is 387 g/mol. The van der Waals surface area contributed by atoms with Crippen LogP contribution in [0, 0.1) is 5.92 Å². The van der Waals surface area contributed by atoms with Crippen LogP contribution in [0.1, 0.15) is 43.8 Å². The van der Waals surface area contributed by atoms with Gasteiger partial charge in [-0.05, 0) is 49.8 Å². The van der Waals surface area contributed by atoms with E-state index in [-0.39, 0.29) is 17.9 Å². The minimum atomic E-state index is -0.887. The predicted molar refractivity (Wildman–Crippen MR) is 102 cm³/mol. The molecule has 27 heavy (non-hydrogen) atoms. The smallest absolute Gasteiger partial charge is 0.303 e. The van der Waals surface area contributed by atoms with Crippen LogP contribution >= 0.6 is 11.8 Å². The highest BCUT2D eigenvalue weighted by Crippen LogP contribution is 2.39. The maximum atomic E-state index is 13.1. The van der Waals surface area contributed by atoms with Crippen molar-refractivity contribution in [2.75, 3.05) is 0 Å². The largest absolute Gasteiger partial charge is 0.481 e. The second-order valence-electron chi connectivity index (χ2n) is 7.37. The topological polar surface area (TPSA) is 115 Å². The zero-order valence-electron chi connectivity index (χ0n) is 14.8. The lowest BCUT2D eigenvalue weighted by Gasteiger charge is -2.30. The second-order valence-corrected chi connectivity index (χ2v) is 8.74. The van der Waals surface area contributed by atoms with Crippen LogP contribution in [0.15, 0.2) is 27.9 Å². The number of nitrogens with two attached hydrogens (primary N) is 1. The minimum absolute atomic E-state index is 0.00339. The molecule has 4 rings (SSSR count). The molecule has 142 valence electrons. The molecule has 0 bridgehead atoms. The summed E-state index contributed by atoms with van der Waals surface area (Å²) in [5.41, 5.74) is 5.96. The van der Waals surface area contributed by atoms with E-state index in [4.69, 9.17) is 10.8 Å². The number of benzene rings is 1. The number of carboxylic acid groups (broad SMARTS) is 1. The van der Waals surface area contributed by atoms with Crippen molar-refractivity contribution < 1.29 is 14.7 Å². The van der Waals surface area contributed by atoms with Gasteiger partial charge in [0.25, 0.3) is 5.56 Å². The van der Waals surface area contributed by atoms with Crippen LogP contribution in [0.4, 0.5) is 0 Å². The molecule has 1 aliphatic heterocycles. The maximum absolute atomic E-state index is 13.1. The highest BCUT2D eigenvalue weighted by molar-refractivity contribution is 8.00. The Labute approximate surface area is 160 Å². The number of rotatable bonds is 6. The zero-order valence-corrected chi connectivity index (χ0v) is 15.6. The van der Waals surface area contributed by atoms with Crippen molar-refractivity contribution in [2.24, 2.45) is 11.7 Å². The fourth-order valence-electron chi connectivity index (χ4n) is 3.66. The molecule has 8 heteroatoms. The van der Waals surface area contributed by atoms with Gasteiger partial charge in [0.2, 0.25) is 5.91 Å². The number of aromatic nitrogens is 2. The van der Waals surface area contributed by atoms with Gasteiger partial charge in [-0.2, -0.15) is 0 Å². The number of carbonyl (C=O) groups is 2. The molecular weight excluding hydrogens is 366 g/mol. The van der Waals surface area contributed by atoms with Crippen molar-refractivity contribution in [3.63, 3.8) is 0 Å². The van der Waals surface area contributed by atoms with Gasteiger partial charge in [0.05, 0.1) is 16.8 Å². The normalized spacial score (nSPS) is 21.8. The first-order valence-corrected chi connectivity index (χ1v) is 10.0. The molecule has 7 nitrogen and oxygen atoms in total. The molecule has 1 saturated carbocycles. The summed E-state index contributed by atoms with van der Waals surface area (Å²) < 4.78 is 1.53.